The van der Waals surface area contributed by atoms with E-state index in [1.54, 1.807) is 32.0 Å². The number of likely N-dealkylation sites (N-methyl/N-ethyl adjacent to an activating group) is 1. The lowest BCUT2D eigenvalue weighted by Crippen LogP contribution is -2.44. The summed E-state index contributed by atoms with van der Waals surface area (Å²) in [5.41, 5.74) is -0.183. The molecule has 4 rings (SSSR count). The van der Waals surface area contributed by atoms with Crippen LogP contribution in [0.1, 0.15) is 31.0 Å². The summed E-state index contributed by atoms with van der Waals surface area (Å²) in [7, 11) is 1.53. The number of carbonyl (C=O) groups excluding carboxylic acids is 3. The van der Waals surface area contributed by atoms with E-state index in [1.165, 1.54) is 24.1 Å². The van der Waals surface area contributed by atoms with Crippen molar-refractivity contribution in [2.45, 2.75) is 25.4 Å². The van der Waals surface area contributed by atoms with E-state index < -0.39 is 40.9 Å². The van der Waals surface area contributed by atoms with E-state index >= 15 is 0 Å². The lowest BCUT2D eigenvalue weighted by Gasteiger charge is -2.27. The van der Waals surface area contributed by atoms with Gasteiger partial charge in [0.15, 0.2) is 0 Å². The fourth-order valence-electron chi connectivity index (χ4n) is 4.12. The highest BCUT2D eigenvalue weighted by Gasteiger charge is 2.49. The van der Waals surface area contributed by atoms with Crippen LogP contribution in [0.2, 0.25) is 0 Å². The SMILES string of the molecule is CC(c1cccc([N+](=O)[O-])c1)N(C)C(=O)CN1C(=O)NC(C)(c2ccc3ccccc3c2)C1=O. The summed E-state index contributed by atoms with van der Waals surface area (Å²) in [6.45, 7) is 2.91. The number of benzene rings is 3. The van der Waals surface area contributed by atoms with Gasteiger partial charge in [0.2, 0.25) is 5.91 Å². The molecule has 4 amide bonds. The van der Waals surface area contributed by atoms with Gasteiger partial charge in [-0.05, 0) is 41.8 Å². The first-order valence-electron chi connectivity index (χ1n) is 10.7. The molecule has 174 valence electrons. The lowest BCUT2D eigenvalue weighted by molar-refractivity contribution is -0.384. The minimum absolute atomic E-state index is 0.0783. The first-order chi connectivity index (χ1) is 16.1. The molecule has 34 heavy (non-hydrogen) atoms. The van der Waals surface area contributed by atoms with Gasteiger partial charge in [0.1, 0.15) is 12.1 Å². The number of carbonyl (C=O) groups is 3. The van der Waals surface area contributed by atoms with Crippen molar-refractivity contribution in [3.63, 3.8) is 0 Å². The van der Waals surface area contributed by atoms with Crippen LogP contribution in [0.15, 0.2) is 66.7 Å². The third-order valence-corrected chi connectivity index (χ3v) is 6.43. The van der Waals surface area contributed by atoms with Crippen LogP contribution in [-0.2, 0) is 15.1 Å². The summed E-state index contributed by atoms with van der Waals surface area (Å²) in [6, 6.07) is 18.1. The van der Waals surface area contributed by atoms with E-state index in [-0.39, 0.29) is 5.69 Å². The molecule has 9 heteroatoms. The maximum Gasteiger partial charge on any atom is 0.325 e. The van der Waals surface area contributed by atoms with E-state index in [0.29, 0.717) is 11.1 Å². The third kappa shape index (κ3) is 3.96. The fourth-order valence-corrected chi connectivity index (χ4v) is 4.12. The van der Waals surface area contributed by atoms with E-state index in [4.69, 9.17) is 0 Å². The number of nitrogens with one attached hydrogen (secondary N) is 1. The molecule has 9 nitrogen and oxygen atoms in total. The number of nitro benzene ring substituents is 1. The minimum atomic E-state index is -1.30. The predicted molar refractivity (Wildman–Crippen MR) is 126 cm³/mol. The summed E-state index contributed by atoms with van der Waals surface area (Å²) >= 11 is 0. The van der Waals surface area contributed by atoms with Gasteiger partial charge < -0.3 is 10.2 Å². The highest BCUT2D eigenvalue weighted by atomic mass is 16.6. The Morgan fingerprint density at radius 3 is 2.50 bits per heavy atom. The average Bonchev–Trinajstić information content (AvgIpc) is 3.06. The Kier molecular flexibility index (Phi) is 5.78. The van der Waals surface area contributed by atoms with E-state index in [1.807, 2.05) is 36.4 Å². The van der Waals surface area contributed by atoms with Gasteiger partial charge >= 0.3 is 6.03 Å². The Bertz CT molecular complexity index is 1320. The second-order valence-electron chi connectivity index (χ2n) is 8.54. The van der Waals surface area contributed by atoms with Crippen molar-refractivity contribution in [2.75, 3.05) is 13.6 Å². The van der Waals surface area contributed by atoms with Crippen LogP contribution in [0.3, 0.4) is 0 Å². The molecule has 3 aromatic carbocycles. The van der Waals surface area contributed by atoms with Crippen LogP contribution in [0.5, 0.6) is 0 Å². The van der Waals surface area contributed by atoms with Crippen molar-refractivity contribution in [1.29, 1.82) is 0 Å². The zero-order valence-electron chi connectivity index (χ0n) is 19.0. The largest absolute Gasteiger partial charge is 0.337 e. The normalized spacial score (nSPS) is 18.6. The van der Waals surface area contributed by atoms with Gasteiger partial charge in [-0.15, -0.1) is 0 Å². The number of imide groups is 1. The van der Waals surface area contributed by atoms with Gasteiger partial charge in [0.05, 0.1) is 11.0 Å². The second-order valence-corrected chi connectivity index (χ2v) is 8.54. The van der Waals surface area contributed by atoms with Gasteiger partial charge in [-0.3, -0.25) is 24.6 Å². The standard InChI is InChI=1S/C25H24N4O5/c1-16(18-9-6-10-21(14-18)29(33)34)27(3)22(30)15-28-23(31)25(2,26-24(28)32)20-12-11-17-7-4-5-8-19(17)13-20/h4-14,16H,15H2,1-3H3,(H,26,32). The molecule has 0 aromatic heterocycles. The molecule has 1 fully saturated rings. The maximum absolute atomic E-state index is 13.3. The molecule has 2 atom stereocenters. The molecule has 0 saturated carbocycles. The zero-order valence-corrected chi connectivity index (χ0v) is 19.0. The number of hydrogen-bond donors (Lipinski definition) is 1. The molecule has 1 aliphatic heterocycles. The van der Waals surface area contributed by atoms with Crippen molar-refractivity contribution in [2.24, 2.45) is 0 Å². The molecular formula is C25H24N4O5. The van der Waals surface area contributed by atoms with Crippen molar-refractivity contribution >= 4 is 34.3 Å². The number of rotatable bonds is 6. The Balaban J connectivity index is 1.52. The van der Waals surface area contributed by atoms with Crippen molar-refractivity contribution in [3.05, 3.63) is 88.0 Å². The molecule has 0 spiro atoms. The molecular weight excluding hydrogens is 436 g/mol. The summed E-state index contributed by atoms with van der Waals surface area (Å²) in [4.78, 5) is 51.8. The van der Waals surface area contributed by atoms with E-state index in [2.05, 4.69) is 5.32 Å². The monoisotopic (exact) mass is 460 g/mol. The molecule has 1 saturated heterocycles. The first-order valence-corrected chi connectivity index (χ1v) is 10.7. The van der Waals surface area contributed by atoms with Crippen molar-refractivity contribution in [1.82, 2.24) is 15.1 Å². The Morgan fingerprint density at radius 1 is 1.09 bits per heavy atom. The molecule has 0 radical (unpaired) electrons. The van der Waals surface area contributed by atoms with Crippen LogP contribution in [0.4, 0.5) is 10.5 Å². The van der Waals surface area contributed by atoms with Crippen LogP contribution in [0, 0.1) is 10.1 Å². The highest BCUT2D eigenvalue weighted by molar-refractivity contribution is 6.09. The van der Waals surface area contributed by atoms with Crippen molar-refractivity contribution in [3.8, 4) is 0 Å². The smallest absolute Gasteiger partial charge is 0.325 e. The van der Waals surface area contributed by atoms with Gasteiger partial charge in [0.25, 0.3) is 11.6 Å². The molecule has 1 heterocycles. The van der Waals surface area contributed by atoms with Gasteiger partial charge in [-0.1, -0.05) is 48.5 Å². The number of fused-ring (bicyclic) bond motifs is 1. The quantitative estimate of drug-likeness (QED) is 0.342. The van der Waals surface area contributed by atoms with Gasteiger partial charge in [-0.2, -0.15) is 0 Å². The summed E-state index contributed by atoms with van der Waals surface area (Å²) in [5, 5.41) is 15.7. The molecule has 2 unspecified atom stereocenters. The third-order valence-electron chi connectivity index (χ3n) is 6.43. The first kappa shape index (κ1) is 22.9. The lowest BCUT2D eigenvalue weighted by atomic mass is 9.90. The second kappa shape index (κ2) is 8.58. The van der Waals surface area contributed by atoms with Crippen LogP contribution in [-0.4, -0.2) is 46.2 Å². The summed E-state index contributed by atoms with van der Waals surface area (Å²) in [6.07, 6.45) is 0. The molecule has 0 aliphatic carbocycles. The van der Waals surface area contributed by atoms with Crippen LogP contribution < -0.4 is 5.32 Å². The Labute approximate surface area is 196 Å². The van der Waals surface area contributed by atoms with Crippen LogP contribution >= 0.6 is 0 Å². The van der Waals surface area contributed by atoms with Gasteiger partial charge in [-0.25, -0.2) is 4.79 Å². The molecule has 1 aliphatic rings. The molecule has 0 bridgehead atoms. The number of nitro groups is 1. The summed E-state index contributed by atoms with van der Waals surface area (Å²) in [5.74, 6) is -0.984. The van der Waals surface area contributed by atoms with E-state index in [9.17, 15) is 24.5 Å². The molecule has 3 aromatic rings. The fraction of sp³-hybridized carbons (Fsp3) is 0.240. The zero-order chi connectivity index (χ0) is 24.6. The number of amides is 4. The number of nitrogens with zero attached hydrogens (tertiary/aromatic N) is 3. The topological polar surface area (TPSA) is 113 Å². The van der Waals surface area contributed by atoms with Crippen molar-refractivity contribution < 1.29 is 19.3 Å². The highest BCUT2D eigenvalue weighted by Crippen LogP contribution is 2.31. The number of urea groups is 1. The molecule has 1 N–H and O–H groups in total. The minimum Gasteiger partial charge on any atom is -0.337 e. The maximum atomic E-state index is 13.3. The predicted octanol–water partition coefficient (Wildman–Crippen LogP) is 3.73. The Morgan fingerprint density at radius 2 is 1.79 bits per heavy atom. The van der Waals surface area contributed by atoms with E-state index in [0.717, 1.165) is 15.7 Å². The number of hydrogen-bond acceptors (Lipinski definition) is 5. The Hall–Kier alpha value is -4.27. The van der Waals surface area contributed by atoms with Crippen LogP contribution in [0.25, 0.3) is 10.8 Å². The van der Waals surface area contributed by atoms with Gasteiger partial charge in [0, 0.05) is 19.2 Å². The summed E-state index contributed by atoms with van der Waals surface area (Å²) < 4.78 is 0. The number of non-ortho nitro benzene ring substituents is 1. The average molecular weight is 460 g/mol.